The van der Waals surface area contributed by atoms with E-state index >= 15 is 0 Å². The second kappa shape index (κ2) is 5.25. The van der Waals surface area contributed by atoms with E-state index in [1.54, 1.807) is 24.7 Å². The Hall–Kier alpha value is -2.49. The van der Waals surface area contributed by atoms with Gasteiger partial charge >= 0.3 is 0 Å². The van der Waals surface area contributed by atoms with Gasteiger partial charge in [0.2, 0.25) is 0 Å². The van der Waals surface area contributed by atoms with E-state index in [4.69, 9.17) is 0 Å². The van der Waals surface area contributed by atoms with Crippen molar-refractivity contribution in [1.29, 1.82) is 0 Å². The van der Waals surface area contributed by atoms with Crippen molar-refractivity contribution >= 4 is 0 Å². The summed E-state index contributed by atoms with van der Waals surface area (Å²) in [5.41, 5.74) is 2.86. The molecule has 0 aliphatic rings. The standard InChI is InChI=1S/C16H14FN3/c1-12(20-9-8-18-11-20)14-4-7-16(19-10-14)13-2-5-15(17)6-3-13/h2-12H,1H3. The molecule has 0 saturated carbocycles. The Morgan fingerprint density at radius 3 is 2.50 bits per heavy atom. The molecule has 0 amide bonds. The van der Waals surface area contributed by atoms with Crippen LogP contribution < -0.4 is 0 Å². The lowest BCUT2D eigenvalue weighted by molar-refractivity contribution is 0.628. The number of benzene rings is 1. The zero-order valence-electron chi connectivity index (χ0n) is 11.1. The van der Waals surface area contributed by atoms with E-state index in [0.29, 0.717) is 0 Å². The zero-order chi connectivity index (χ0) is 13.9. The van der Waals surface area contributed by atoms with Crippen molar-refractivity contribution in [2.45, 2.75) is 13.0 Å². The van der Waals surface area contributed by atoms with Gasteiger partial charge in [0.15, 0.2) is 0 Å². The fraction of sp³-hybridized carbons (Fsp3) is 0.125. The molecule has 0 aliphatic carbocycles. The molecule has 0 N–H and O–H groups in total. The van der Waals surface area contributed by atoms with E-state index in [0.717, 1.165) is 16.8 Å². The van der Waals surface area contributed by atoms with Crippen LogP contribution >= 0.6 is 0 Å². The molecule has 0 bridgehead atoms. The molecule has 1 unspecified atom stereocenters. The molecular formula is C16H14FN3. The summed E-state index contributed by atoms with van der Waals surface area (Å²) in [7, 11) is 0. The molecule has 100 valence electrons. The second-order valence-corrected chi connectivity index (χ2v) is 4.67. The summed E-state index contributed by atoms with van der Waals surface area (Å²) in [6, 6.07) is 10.5. The zero-order valence-corrected chi connectivity index (χ0v) is 11.1. The molecule has 2 aromatic heterocycles. The quantitative estimate of drug-likeness (QED) is 0.724. The van der Waals surface area contributed by atoms with Crippen LogP contribution in [0.25, 0.3) is 11.3 Å². The number of rotatable bonds is 3. The minimum absolute atomic E-state index is 0.187. The Balaban J connectivity index is 1.86. The van der Waals surface area contributed by atoms with E-state index < -0.39 is 0 Å². The first-order valence-corrected chi connectivity index (χ1v) is 6.43. The van der Waals surface area contributed by atoms with Crippen molar-refractivity contribution in [2.24, 2.45) is 0 Å². The highest BCUT2D eigenvalue weighted by Crippen LogP contribution is 2.21. The number of imidazole rings is 1. The van der Waals surface area contributed by atoms with Crippen molar-refractivity contribution in [3.05, 3.63) is 72.7 Å². The average molecular weight is 267 g/mol. The molecule has 1 aromatic carbocycles. The molecule has 0 aliphatic heterocycles. The Morgan fingerprint density at radius 1 is 1.10 bits per heavy atom. The van der Waals surface area contributed by atoms with Crippen LogP contribution in [0.5, 0.6) is 0 Å². The van der Waals surface area contributed by atoms with Crippen LogP contribution in [0.3, 0.4) is 0 Å². The van der Waals surface area contributed by atoms with E-state index in [1.807, 2.05) is 29.1 Å². The largest absolute Gasteiger partial charge is 0.330 e. The molecule has 2 heterocycles. The third kappa shape index (κ3) is 2.45. The summed E-state index contributed by atoms with van der Waals surface area (Å²) in [4.78, 5) is 8.50. The smallest absolute Gasteiger partial charge is 0.123 e. The summed E-state index contributed by atoms with van der Waals surface area (Å²) >= 11 is 0. The fourth-order valence-corrected chi connectivity index (χ4v) is 2.11. The number of aromatic nitrogens is 3. The molecule has 0 saturated heterocycles. The molecule has 1 atom stereocenters. The highest BCUT2D eigenvalue weighted by molar-refractivity contribution is 5.58. The van der Waals surface area contributed by atoms with Gasteiger partial charge in [-0.15, -0.1) is 0 Å². The van der Waals surface area contributed by atoms with E-state index in [-0.39, 0.29) is 11.9 Å². The van der Waals surface area contributed by atoms with Crippen LogP contribution in [0.15, 0.2) is 61.3 Å². The van der Waals surface area contributed by atoms with Gasteiger partial charge in [0.1, 0.15) is 5.82 Å². The molecule has 0 fully saturated rings. The van der Waals surface area contributed by atoms with E-state index in [2.05, 4.69) is 16.9 Å². The van der Waals surface area contributed by atoms with Crippen molar-refractivity contribution in [3.8, 4) is 11.3 Å². The number of hydrogen-bond donors (Lipinski definition) is 0. The fourth-order valence-electron chi connectivity index (χ4n) is 2.11. The number of halogens is 1. The lowest BCUT2D eigenvalue weighted by atomic mass is 10.1. The predicted molar refractivity (Wildman–Crippen MR) is 75.7 cm³/mol. The molecular weight excluding hydrogens is 253 g/mol. The van der Waals surface area contributed by atoms with Crippen LogP contribution in [0.4, 0.5) is 4.39 Å². The minimum Gasteiger partial charge on any atom is -0.330 e. The van der Waals surface area contributed by atoms with Crippen molar-refractivity contribution < 1.29 is 4.39 Å². The molecule has 0 spiro atoms. The third-order valence-electron chi connectivity index (χ3n) is 3.38. The Morgan fingerprint density at radius 2 is 1.90 bits per heavy atom. The number of nitrogens with zero attached hydrogens (tertiary/aromatic N) is 3. The first kappa shape index (κ1) is 12.5. The molecule has 0 radical (unpaired) electrons. The van der Waals surface area contributed by atoms with Gasteiger partial charge in [-0.1, -0.05) is 6.07 Å². The predicted octanol–water partition coefficient (Wildman–Crippen LogP) is 3.69. The van der Waals surface area contributed by atoms with Crippen LogP contribution in [0, 0.1) is 5.82 Å². The van der Waals surface area contributed by atoms with Crippen LogP contribution in [0.1, 0.15) is 18.5 Å². The van der Waals surface area contributed by atoms with Gasteiger partial charge in [0.25, 0.3) is 0 Å². The number of pyridine rings is 1. The Labute approximate surface area is 116 Å². The van der Waals surface area contributed by atoms with E-state index in [1.165, 1.54) is 12.1 Å². The topological polar surface area (TPSA) is 30.7 Å². The average Bonchev–Trinajstić information content (AvgIpc) is 3.02. The first-order valence-electron chi connectivity index (χ1n) is 6.43. The molecule has 3 rings (SSSR count). The maximum absolute atomic E-state index is 12.9. The summed E-state index contributed by atoms with van der Waals surface area (Å²) in [6.45, 7) is 2.09. The van der Waals surface area contributed by atoms with Gasteiger partial charge in [0, 0.05) is 24.2 Å². The summed E-state index contributed by atoms with van der Waals surface area (Å²) in [5, 5.41) is 0. The van der Waals surface area contributed by atoms with Gasteiger partial charge in [-0.05, 0) is 42.8 Å². The molecule has 20 heavy (non-hydrogen) atoms. The lowest BCUT2D eigenvalue weighted by Crippen LogP contribution is -2.04. The van der Waals surface area contributed by atoms with Crippen molar-refractivity contribution in [1.82, 2.24) is 14.5 Å². The maximum atomic E-state index is 12.9. The normalized spacial score (nSPS) is 12.3. The highest BCUT2D eigenvalue weighted by atomic mass is 19.1. The van der Waals surface area contributed by atoms with Gasteiger partial charge in [-0.25, -0.2) is 9.37 Å². The van der Waals surface area contributed by atoms with Gasteiger partial charge in [-0.3, -0.25) is 4.98 Å². The maximum Gasteiger partial charge on any atom is 0.123 e. The third-order valence-corrected chi connectivity index (χ3v) is 3.38. The monoisotopic (exact) mass is 267 g/mol. The molecule has 3 nitrogen and oxygen atoms in total. The van der Waals surface area contributed by atoms with Crippen LogP contribution in [-0.4, -0.2) is 14.5 Å². The number of hydrogen-bond acceptors (Lipinski definition) is 2. The van der Waals surface area contributed by atoms with Crippen LogP contribution in [-0.2, 0) is 0 Å². The molecule has 3 aromatic rings. The lowest BCUT2D eigenvalue weighted by Gasteiger charge is -2.13. The van der Waals surface area contributed by atoms with Crippen molar-refractivity contribution in [3.63, 3.8) is 0 Å². The highest BCUT2D eigenvalue weighted by Gasteiger charge is 2.08. The minimum atomic E-state index is -0.237. The van der Waals surface area contributed by atoms with Crippen molar-refractivity contribution in [2.75, 3.05) is 0 Å². The SMILES string of the molecule is CC(c1ccc(-c2ccc(F)cc2)nc1)n1ccnc1. The summed E-state index contributed by atoms with van der Waals surface area (Å²) in [5.74, 6) is -0.237. The first-order chi connectivity index (χ1) is 9.74. The van der Waals surface area contributed by atoms with Crippen LogP contribution in [0.2, 0.25) is 0 Å². The van der Waals surface area contributed by atoms with Gasteiger partial charge in [0.05, 0.1) is 18.1 Å². The van der Waals surface area contributed by atoms with Gasteiger partial charge in [-0.2, -0.15) is 0 Å². The Kier molecular flexibility index (Phi) is 3.29. The summed E-state index contributed by atoms with van der Waals surface area (Å²) in [6.07, 6.45) is 7.33. The van der Waals surface area contributed by atoms with Gasteiger partial charge < -0.3 is 4.57 Å². The summed E-state index contributed by atoms with van der Waals surface area (Å²) < 4.78 is 14.9. The molecule has 4 heteroatoms. The second-order valence-electron chi connectivity index (χ2n) is 4.67. The van der Waals surface area contributed by atoms with E-state index in [9.17, 15) is 4.39 Å². The Bertz CT molecular complexity index is 673.